The summed E-state index contributed by atoms with van der Waals surface area (Å²) in [6.07, 6.45) is 5.64. The number of hydrogen-bond donors (Lipinski definition) is 1. The van der Waals surface area contributed by atoms with Gasteiger partial charge in [0.05, 0.1) is 0 Å². The van der Waals surface area contributed by atoms with Crippen LogP contribution in [-0.4, -0.2) is 12.1 Å². The lowest BCUT2D eigenvalue weighted by molar-refractivity contribution is 0.0749. The van der Waals surface area contributed by atoms with Crippen LogP contribution in [0.5, 0.6) is 0 Å². The first-order valence-corrected chi connectivity index (χ1v) is 6.17. The lowest BCUT2D eigenvalue weighted by Crippen LogP contribution is -2.51. The maximum absolute atomic E-state index is 3.68. The third kappa shape index (κ3) is 2.50. The third-order valence-electron chi connectivity index (χ3n) is 4.21. The fourth-order valence-corrected chi connectivity index (χ4v) is 2.72. The number of hydrogen-bond acceptors (Lipinski definition) is 1. The van der Waals surface area contributed by atoms with Crippen LogP contribution < -0.4 is 5.32 Å². The molecule has 1 saturated carbocycles. The van der Waals surface area contributed by atoms with E-state index >= 15 is 0 Å². The highest BCUT2D eigenvalue weighted by molar-refractivity contribution is 4.96. The van der Waals surface area contributed by atoms with Crippen molar-refractivity contribution in [3.05, 3.63) is 0 Å². The van der Waals surface area contributed by atoms with Crippen LogP contribution in [0, 0.1) is 11.3 Å². The lowest BCUT2D eigenvalue weighted by atomic mass is 9.62. The van der Waals surface area contributed by atoms with E-state index in [0.717, 1.165) is 12.5 Å². The quantitative estimate of drug-likeness (QED) is 0.710. The molecule has 1 nitrogen and oxygen atoms in total. The van der Waals surface area contributed by atoms with Gasteiger partial charge in [-0.2, -0.15) is 0 Å². The summed E-state index contributed by atoms with van der Waals surface area (Å²) in [6.45, 7) is 12.8. The van der Waals surface area contributed by atoms with E-state index in [2.05, 4.69) is 39.9 Å². The van der Waals surface area contributed by atoms with Gasteiger partial charge in [0, 0.05) is 5.54 Å². The molecular formula is C13H27N. The molecule has 0 aliphatic heterocycles. The molecule has 0 aromatic rings. The van der Waals surface area contributed by atoms with E-state index in [9.17, 15) is 0 Å². The average molecular weight is 197 g/mol. The van der Waals surface area contributed by atoms with Crippen molar-refractivity contribution in [2.24, 2.45) is 11.3 Å². The Bertz CT molecular complexity index is 182. The highest BCUT2D eigenvalue weighted by Crippen LogP contribution is 2.47. The molecule has 0 spiro atoms. The van der Waals surface area contributed by atoms with E-state index in [0.29, 0.717) is 11.0 Å². The summed E-state index contributed by atoms with van der Waals surface area (Å²) >= 11 is 0. The van der Waals surface area contributed by atoms with Gasteiger partial charge in [0.15, 0.2) is 0 Å². The zero-order chi connectivity index (χ0) is 10.8. The van der Waals surface area contributed by atoms with Crippen molar-refractivity contribution in [1.82, 2.24) is 5.32 Å². The first-order valence-electron chi connectivity index (χ1n) is 6.17. The molecule has 1 unspecified atom stereocenters. The molecule has 0 aromatic heterocycles. The van der Waals surface area contributed by atoms with E-state index in [4.69, 9.17) is 0 Å². The molecule has 0 radical (unpaired) electrons. The van der Waals surface area contributed by atoms with Crippen molar-refractivity contribution in [2.75, 3.05) is 6.54 Å². The Morgan fingerprint density at radius 2 is 1.93 bits per heavy atom. The molecule has 1 aliphatic carbocycles. The Morgan fingerprint density at radius 1 is 1.36 bits per heavy atom. The fraction of sp³-hybridized carbons (Fsp3) is 1.00. The summed E-state index contributed by atoms with van der Waals surface area (Å²) in [4.78, 5) is 0. The van der Waals surface area contributed by atoms with E-state index in [1.807, 2.05) is 0 Å². The first kappa shape index (κ1) is 12.0. The normalized spacial score (nSPS) is 24.4. The molecule has 84 valence electrons. The second-order valence-corrected chi connectivity index (χ2v) is 5.94. The van der Waals surface area contributed by atoms with Gasteiger partial charge in [-0.3, -0.25) is 0 Å². The minimum atomic E-state index is 0.337. The van der Waals surface area contributed by atoms with Crippen molar-refractivity contribution in [2.45, 2.75) is 65.8 Å². The van der Waals surface area contributed by atoms with Crippen LogP contribution in [0.15, 0.2) is 0 Å². The predicted octanol–water partition coefficient (Wildman–Crippen LogP) is 3.59. The molecule has 0 bridgehead atoms. The molecule has 0 heterocycles. The largest absolute Gasteiger partial charge is 0.312 e. The van der Waals surface area contributed by atoms with Crippen LogP contribution >= 0.6 is 0 Å². The van der Waals surface area contributed by atoms with Crippen molar-refractivity contribution in [3.8, 4) is 0 Å². The molecule has 0 amide bonds. The maximum atomic E-state index is 3.68. The Balaban J connectivity index is 2.58. The highest BCUT2D eigenvalue weighted by Gasteiger charge is 2.40. The minimum Gasteiger partial charge on any atom is -0.312 e. The predicted molar refractivity (Wildman–Crippen MR) is 63.5 cm³/mol. The summed E-state index contributed by atoms with van der Waals surface area (Å²) in [7, 11) is 0. The molecule has 1 fully saturated rings. The van der Waals surface area contributed by atoms with E-state index < -0.39 is 0 Å². The van der Waals surface area contributed by atoms with Crippen molar-refractivity contribution >= 4 is 0 Å². The van der Waals surface area contributed by atoms with Crippen molar-refractivity contribution < 1.29 is 0 Å². The summed E-state index contributed by atoms with van der Waals surface area (Å²) in [5.41, 5.74) is 0.963. The van der Waals surface area contributed by atoms with Gasteiger partial charge in [-0.15, -0.1) is 0 Å². The zero-order valence-corrected chi connectivity index (χ0v) is 10.6. The van der Waals surface area contributed by atoms with Crippen LogP contribution in [0.3, 0.4) is 0 Å². The van der Waals surface area contributed by atoms with Crippen molar-refractivity contribution in [1.29, 1.82) is 0 Å². The molecule has 14 heavy (non-hydrogen) atoms. The summed E-state index contributed by atoms with van der Waals surface area (Å²) in [6, 6.07) is 0. The fourth-order valence-electron chi connectivity index (χ4n) is 2.72. The SMILES string of the molecule is CCNC(C)(CC1(C)CCC1)C(C)C. The van der Waals surface area contributed by atoms with E-state index in [-0.39, 0.29) is 0 Å². The van der Waals surface area contributed by atoms with Gasteiger partial charge >= 0.3 is 0 Å². The third-order valence-corrected chi connectivity index (χ3v) is 4.21. The van der Waals surface area contributed by atoms with Crippen LogP contribution in [0.4, 0.5) is 0 Å². The smallest absolute Gasteiger partial charge is 0.0181 e. The second kappa shape index (κ2) is 4.22. The van der Waals surface area contributed by atoms with Gasteiger partial charge in [0.2, 0.25) is 0 Å². The summed E-state index contributed by atoms with van der Waals surface area (Å²) in [5.74, 6) is 0.722. The van der Waals surface area contributed by atoms with Crippen molar-refractivity contribution in [3.63, 3.8) is 0 Å². The number of rotatable bonds is 5. The second-order valence-electron chi connectivity index (χ2n) is 5.94. The van der Waals surface area contributed by atoms with Gasteiger partial charge < -0.3 is 5.32 Å². The Morgan fingerprint density at radius 3 is 2.21 bits per heavy atom. The highest BCUT2D eigenvalue weighted by atomic mass is 15.0. The number of nitrogens with one attached hydrogen (secondary N) is 1. The van der Waals surface area contributed by atoms with Gasteiger partial charge in [-0.25, -0.2) is 0 Å². The van der Waals surface area contributed by atoms with Gasteiger partial charge in [-0.05, 0) is 44.1 Å². The topological polar surface area (TPSA) is 12.0 Å². The molecule has 1 rings (SSSR count). The molecule has 1 N–H and O–H groups in total. The van der Waals surface area contributed by atoms with Gasteiger partial charge in [0.1, 0.15) is 0 Å². The summed E-state index contributed by atoms with van der Waals surface area (Å²) in [5, 5.41) is 3.68. The first-order chi connectivity index (χ1) is 6.42. The molecule has 1 atom stereocenters. The molecule has 1 aliphatic rings. The van der Waals surface area contributed by atoms with E-state index in [1.165, 1.54) is 25.7 Å². The van der Waals surface area contributed by atoms with Crippen LogP contribution in [0.2, 0.25) is 0 Å². The summed E-state index contributed by atoms with van der Waals surface area (Å²) < 4.78 is 0. The van der Waals surface area contributed by atoms with Gasteiger partial charge in [-0.1, -0.05) is 34.1 Å². The standard InChI is InChI=1S/C13H27N/c1-6-14-13(5,11(2)3)10-12(4)8-7-9-12/h11,14H,6-10H2,1-5H3. The maximum Gasteiger partial charge on any atom is 0.0181 e. The Hall–Kier alpha value is -0.0400. The lowest BCUT2D eigenvalue weighted by Gasteiger charge is -2.47. The Labute approximate surface area is 89.7 Å². The molecular weight excluding hydrogens is 170 g/mol. The molecule has 1 heteroatoms. The average Bonchev–Trinajstić information content (AvgIpc) is 2.01. The van der Waals surface area contributed by atoms with Crippen LogP contribution in [0.1, 0.15) is 60.3 Å². The van der Waals surface area contributed by atoms with E-state index in [1.54, 1.807) is 0 Å². The zero-order valence-electron chi connectivity index (χ0n) is 10.6. The Kier molecular flexibility index (Phi) is 3.63. The molecule has 0 saturated heterocycles. The molecule has 0 aromatic carbocycles. The van der Waals surface area contributed by atoms with Crippen LogP contribution in [-0.2, 0) is 0 Å². The van der Waals surface area contributed by atoms with Crippen LogP contribution in [0.25, 0.3) is 0 Å². The minimum absolute atomic E-state index is 0.337. The monoisotopic (exact) mass is 197 g/mol. The van der Waals surface area contributed by atoms with Gasteiger partial charge in [0.25, 0.3) is 0 Å².